The molecule has 0 fully saturated rings. The van der Waals surface area contributed by atoms with Gasteiger partial charge in [0, 0.05) is 34.0 Å². The molecule has 5 nitrogen and oxygen atoms in total. The number of allylic oxidation sites excluding steroid dienone is 2. The van der Waals surface area contributed by atoms with Crippen LogP contribution >= 0.6 is 11.3 Å². The molecule has 5 rings (SSSR count). The molecule has 0 spiro atoms. The predicted molar refractivity (Wildman–Crippen MR) is 135 cm³/mol. The Bertz CT molecular complexity index is 1630. The molecule has 0 saturated heterocycles. The van der Waals surface area contributed by atoms with E-state index in [0.717, 1.165) is 33.3 Å². The van der Waals surface area contributed by atoms with Crippen LogP contribution in [0.25, 0.3) is 26.8 Å². The van der Waals surface area contributed by atoms with Crippen LogP contribution in [0.3, 0.4) is 0 Å². The molecule has 2 aromatic heterocycles. The topological polar surface area (TPSA) is 76.1 Å². The van der Waals surface area contributed by atoms with Crippen LogP contribution in [0, 0.1) is 11.6 Å². The Kier molecular flexibility index (Phi) is 5.98. The maximum Gasteiger partial charge on any atom is 0.232 e. The normalized spacial score (nSPS) is 13.1. The van der Waals surface area contributed by atoms with Crippen molar-refractivity contribution in [1.82, 2.24) is 4.98 Å². The van der Waals surface area contributed by atoms with Gasteiger partial charge in [-0.25, -0.2) is 17.2 Å². The SMILES string of the molecule is CCCS(=O)(=O)Nc1ccc(F)c(C(=O)C2=CCc3ncc(-c4ccc5ccsc5c4)cc32)c1F. The molecule has 2 aromatic carbocycles. The minimum atomic E-state index is -3.83. The minimum Gasteiger partial charge on any atom is -0.288 e. The van der Waals surface area contributed by atoms with Gasteiger partial charge in [-0.1, -0.05) is 25.1 Å². The number of benzene rings is 2. The number of rotatable bonds is 7. The maximum absolute atomic E-state index is 15.2. The molecule has 35 heavy (non-hydrogen) atoms. The van der Waals surface area contributed by atoms with Crippen molar-refractivity contribution in [3.8, 4) is 11.1 Å². The Morgan fingerprint density at radius 1 is 1.11 bits per heavy atom. The number of ketones is 1. The quantitative estimate of drug-likeness (QED) is 0.300. The highest BCUT2D eigenvalue weighted by atomic mass is 32.2. The lowest BCUT2D eigenvalue weighted by Gasteiger charge is -2.13. The highest BCUT2D eigenvalue weighted by molar-refractivity contribution is 7.92. The monoisotopic (exact) mass is 510 g/mol. The molecule has 0 radical (unpaired) electrons. The van der Waals surface area contributed by atoms with Crippen LogP contribution in [0.4, 0.5) is 14.5 Å². The molecule has 178 valence electrons. The number of hydrogen-bond donors (Lipinski definition) is 1. The van der Waals surface area contributed by atoms with E-state index in [0.29, 0.717) is 24.1 Å². The standard InChI is InChI=1S/C26H20F2N2O3S2/c1-2-11-35(32,33)30-22-8-6-20(27)24(25(22)28)26(31)18-5-7-21-19(18)12-17(14-29-21)16-4-3-15-9-10-34-23(15)13-16/h3-6,8-10,12-14,30H,2,7,11H2,1H3. The first kappa shape index (κ1) is 23.3. The number of carbonyl (C=O) groups is 1. The van der Waals surface area contributed by atoms with Crippen LogP contribution < -0.4 is 4.72 Å². The molecule has 1 aliphatic carbocycles. The highest BCUT2D eigenvalue weighted by Crippen LogP contribution is 2.35. The van der Waals surface area contributed by atoms with Crippen LogP contribution in [0.15, 0.2) is 60.1 Å². The van der Waals surface area contributed by atoms with Gasteiger partial charge in [0.1, 0.15) is 5.82 Å². The van der Waals surface area contributed by atoms with Crippen LogP contribution in [0.1, 0.15) is 35.0 Å². The van der Waals surface area contributed by atoms with Gasteiger partial charge in [-0.3, -0.25) is 14.5 Å². The zero-order valence-corrected chi connectivity index (χ0v) is 20.3. The van der Waals surface area contributed by atoms with Crippen LogP contribution in [0.5, 0.6) is 0 Å². The molecule has 9 heteroatoms. The van der Waals surface area contributed by atoms with E-state index in [-0.39, 0.29) is 11.3 Å². The summed E-state index contributed by atoms with van der Waals surface area (Å²) < 4.78 is 57.3. The fourth-order valence-corrected chi connectivity index (χ4v) is 6.13. The van der Waals surface area contributed by atoms with Gasteiger partial charge in [0.15, 0.2) is 11.6 Å². The summed E-state index contributed by atoms with van der Waals surface area (Å²) in [7, 11) is -3.83. The molecule has 1 aliphatic rings. The molecular formula is C26H20F2N2O3S2. The van der Waals surface area contributed by atoms with Gasteiger partial charge >= 0.3 is 0 Å². The molecule has 0 unspecified atom stereocenters. The number of fused-ring (bicyclic) bond motifs is 2. The number of halogens is 2. The number of carbonyl (C=O) groups excluding carboxylic acids is 1. The van der Waals surface area contributed by atoms with Crippen molar-refractivity contribution < 1.29 is 22.0 Å². The van der Waals surface area contributed by atoms with Crippen molar-refractivity contribution in [3.05, 3.63) is 88.6 Å². The third-order valence-electron chi connectivity index (χ3n) is 5.85. The summed E-state index contributed by atoms with van der Waals surface area (Å²) in [4.78, 5) is 17.8. The predicted octanol–water partition coefficient (Wildman–Crippen LogP) is 6.22. The maximum atomic E-state index is 15.2. The van der Waals surface area contributed by atoms with Gasteiger partial charge < -0.3 is 0 Å². The van der Waals surface area contributed by atoms with Crippen molar-refractivity contribution >= 4 is 48.5 Å². The van der Waals surface area contributed by atoms with E-state index in [1.165, 1.54) is 0 Å². The van der Waals surface area contributed by atoms with E-state index in [1.807, 2.05) is 29.6 Å². The molecule has 1 N–H and O–H groups in total. The van der Waals surface area contributed by atoms with E-state index in [9.17, 15) is 17.6 Å². The highest BCUT2D eigenvalue weighted by Gasteiger charge is 2.29. The fourth-order valence-electron chi connectivity index (χ4n) is 4.17. The molecule has 0 bridgehead atoms. The Morgan fingerprint density at radius 2 is 1.94 bits per heavy atom. The van der Waals surface area contributed by atoms with Crippen molar-refractivity contribution in [2.45, 2.75) is 19.8 Å². The number of Topliss-reactive ketones (excluding diaryl/α,β-unsaturated/α-hetero) is 1. The summed E-state index contributed by atoms with van der Waals surface area (Å²) in [5.74, 6) is -3.39. The van der Waals surface area contributed by atoms with Gasteiger partial charge in [0.2, 0.25) is 10.0 Å². The van der Waals surface area contributed by atoms with Crippen molar-refractivity contribution in [1.29, 1.82) is 0 Å². The zero-order chi connectivity index (χ0) is 24.7. The fraction of sp³-hybridized carbons (Fsp3) is 0.154. The average Bonchev–Trinajstić information content (AvgIpc) is 3.46. The number of nitrogens with zero attached hydrogens (tertiary/aromatic N) is 1. The zero-order valence-electron chi connectivity index (χ0n) is 18.6. The summed E-state index contributed by atoms with van der Waals surface area (Å²) >= 11 is 1.62. The summed E-state index contributed by atoms with van der Waals surface area (Å²) in [5.41, 5.74) is 1.71. The minimum absolute atomic E-state index is 0.137. The first-order valence-electron chi connectivity index (χ1n) is 11.0. The second-order valence-electron chi connectivity index (χ2n) is 8.25. The largest absolute Gasteiger partial charge is 0.288 e. The Balaban J connectivity index is 1.52. The molecule has 0 aliphatic heterocycles. The third-order valence-corrected chi connectivity index (χ3v) is 8.21. The summed E-state index contributed by atoms with van der Waals surface area (Å²) in [6.45, 7) is 1.67. The number of anilines is 1. The number of thiophene rings is 1. The molecule has 4 aromatic rings. The van der Waals surface area contributed by atoms with E-state index in [1.54, 1.807) is 36.6 Å². The Hall–Kier alpha value is -3.43. The van der Waals surface area contributed by atoms with Crippen molar-refractivity contribution in [2.24, 2.45) is 0 Å². The average molecular weight is 511 g/mol. The lowest BCUT2D eigenvalue weighted by molar-refractivity contribution is 0.104. The Morgan fingerprint density at radius 3 is 2.74 bits per heavy atom. The number of nitrogens with one attached hydrogen (secondary N) is 1. The molecule has 0 amide bonds. The third kappa shape index (κ3) is 4.37. The summed E-state index contributed by atoms with van der Waals surface area (Å²) in [5, 5.41) is 3.14. The molecule has 2 heterocycles. The Labute approximate surface area is 205 Å². The van der Waals surface area contributed by atoms with Gasteiger partial charge in [-0.15, -0.1) is 11.3 Å². The van der Waals surface area contributed by atoms with Gasteiger partial charge in [0.05, 0.1) is 22.7 Å². The summed E-state index contributed by atoms with van der Waals surface area (Å²) in [6, 6.07) is 11.7. The second kappa shape index (κ2) is 8.98. The van der Waals surface area contributed by atoms with E-state index >= 15 is 4.39 Å². The first-order chi connectivity index (χ1) is 16.8. The second-order valence-corrected chi connectivity index (χ2v) is 11.0. The van der Waals surface area contributed by atoms with Crippen LogP contribution in [0.2, 0.25) is 0 Å². The van der Waals surface area contributed by atoms with E-state index < -0.39 is 38.7 Å². The molecule has 0 atom stereocenters. The molecule has 0 saturated carbocycles. The van der Waals surface area contributed by atoms with Gasteiger partial charge in [-0.2, -0.15) is 0 Å². The van der Waals surface area contributed by atoms with Crippen LogP contribution in [-0.2, 0) is 16.4 Å². The molecular weight excluding hydrogens is 490 g/mol. The van der Waals surface area contributed by atoms with Gasteiger partial charge in [-0.05, 0) is 53.1 Å². The lowest BCUT2D eigenvalue weighted by atomic mass is 9.96. The summed E-state index contributed by atoms with van der Waals surface area (Å²) in [6.07, 6.45) is 3.99. The van der Waals surface area contributed by atoms with E-state index in [4.69, 9.17) is 0 Å². The number of sulfonamides is 1. The first-order valence-corrected chi connectivity index (χ1v) is 13.5. The number of pyridine rings is 1. The van der Waals surface area contributed by atoms with Crippen molar-refractivity contribution in [2.75, 3.05) is 10.5 Å². The smallest absolute Gasteiger partial charge is 0.232 e. The van der Waals surface area contributed by atoms with E-state index in [2.05, 4.69) is 9.71 Å². The lowest BCUT2D eigenvalue weighted by Crippen LogP contribution is -2.18. The van der Waals surface area contributed by atoms with Gasteiger partial charge in [0.25, 0.3) is 0 Å². The van der Waals surface area contributed by atoms with Crippen molar-refractivity contribution in [3.63, 3.8) is 0 Å². The van der Waals surface area contributed by atoms with Crippen LogP contribution in [-0.4, -0.2) is 24.9 Å². The number of hydrogen-bond acceptors (Lipinski definition) is 5. The number of aromatic nitrogens is 1.